The van der Waals surface area contributed by atoms with Crippen molar-refractivity contribution >= 4 is 28.8 Å². The van der Waals surface area contributed by atoms with Crippen molar-refractivity contribution in [2.75, 3.05) is 48.8 Å². The first-order valence-electron chi connectivity index (χ1n) is 9.09. The molecule has 3 aromatic rings. The normalized spacial score (nSPS) is 14.8. The number of anilines is 5. The highest BCUT2D eigenvalue weighted by Gasteiger charge is 2.14. The van der Waals surface area contributed by atoms with Gasteiger partial charge >= 0.3 is 0 Å². The minimum atomic E-state index is 0.461. The third kappa shape index (κ3) is 4.51. The molecule has 1 aliphatic heterocycles. The van der Waals surface area contributed by atoms with E-state index in [4.69, 9.17) is 0 Å². The van der Waals surface area contributed by atoms with E-state index < -0.39 is 0 Å². The van der Waals surface area contributed by atoms with Crippen molar-refractivity contribution in [2.24, 2.45) is 0 Å². The van der Waals surface area contributed by atoms with E-state index in [1.165, 1.54) is 5.69 Å². The summed E-state index contributed by atoms with van der Waals surface area (Å²) in [6.07, 6.45) is 1.61. The van der Waals surface area contributed by atoms with Gasteiger partial charge in [0.2, 0.25) is 5.95 Å². The Kier molecular flexibility index (Phi) is 5.11. The summed E-state index contributed by atoms with van der Waals surface area (Å²) in [4.78, 5) is 9.24. The zero-order chi connectivity index (χ0) is 18.5. The van der Waals surface area contributed by atoms with Crippen LogP contribution in [0.1, 0.15) is 0 Å². The monoisotopic (exact) mass is 361 g/mol. The fourth-order valence-electron chi connectivity index (χ4n) is 3.04. The van der Waals surface area contributed by atoms with Crippen molar-refractivity contribution in [3.8, 4) is 0 Å². The molecule has 0 saturated carbocycles. The topological polar surface area (TPSA) is 69.2 Å². The molecule has 0 spiro atoms. The summed E-state index contributed by atoms with van der Waals surface area (Å²) in [5.41, 5.74) is 3.14. The number of piperazine rings is 1. The zero-order valence-electron chi connectivity index (χ0n) is 15.3. The van der Waals surface area contributed by atoms with Crippen molar-refractivity contribution in [3.05, 3.63) is 60.8 Å². The van der Waals surface area contributed by atoms with E-state index in [2.05, 4.69) is 54.8 Å². The Balaban J connectivity index is 1.41. The van der Waals surface area contributed by atoms with Crippen LogP contribution in [0, 0.1) is 0 Å². The van der Waals surface area contributed by atoms with Crippen LogP contribution in [0.2, 0.25) is 0 Å². The molecule has 7 heteroatoms. The molecule has 2 heterocycles. The summed E-state index contributed by atoms with van der Waals surface area (Å²) >= 11 is 0. The molecule has 2 N–H and O–H groups in total. The fraction of sp³-hybridized carbons (Fsp3) is 0.250. The van der Waals surface area contributed by atoms with E-state index in [-0.39, 0.29) is 0 Å². The average molecular weight is 361 g/mol. The van der Waals surface area contributed by atoms with E-state index in [1.807, 2.05) is 42.5 Å². The van der Waals surface area contributed by atoms with Gasteiger partial charge in [0.1, 0.15) is 0 Å². The maximum atomic E-state index is 4.47. The Bertz CT molecular complexity index is 859. The molecule has 1 fully saturated rings. The molecule has 7 nitrogen and oxygen atoms in total. The SMILES string of the molecule is CN1CCN(c2ccc(Nc3nncc(Nc4ccccc4)n3)cc2)CC1. The predicted octanol–water partition coefficient (Wildman–Crippen LogP) is 3.11. The maximum absolute atomic E-state index is 4.47. The summed E-state index contributed by atoms with van der Waals surface area (Å²) < 4.78 is 0. The first kappa shape index (κ1) is 17.2. The van der Waals surface area contributed by atoms with Crippen molar-refractivity contribution < 1.29 is 0 Å². The van der Waals surface area contributed by atoms with Gasteiger partial charge in [0.05, 0.1) is 6.20 Å². The Morgan fingerprint density at radius 1 is 0.815 bits per heavy atom. The number of para-hydroxylation sites is 1. The molecule has 0 bridgehead atoms. The number of rotatable bonds is 5. The standard InChI is InChI=1S/C20H23N7/c1-26-11-13-27(14-12-26)18-9-7-17(8-10-18)23-20-24-19(15-21-25-20)22-16-5-3-2-4-6-16/h2-10,15H,11-14H2,1H3,(H2,22,23,24,25). The number of likely N-dealkylation sites (N-methyl/N-ethyl adjacent to an activating group) is 1. The van der Waals surface area contributed by atoms with Crippen molar-refractivity contribution in [3.63, 3.8) is 0 Å². The van der Waals surface area contributed by atoms with Gasteiger partial charge in [-0.2, -0.15) is 10.1 Å². The summed E-state index contributed by atoms with van der Waals surface area (Å²) in [6.45, 7) is 4.31. The lowest BCUT2D eigenvalue weighted by Gasteiger charge is -2.34. The van der Waals surface area contributed by atoms with Crippen LogP contribution in [0.4, 0.5) is 28.8 Å². The second-order valence-electron chi connectivity index (χ2n) is 6.62. The van der Waals surface area contributed by atoms with Crippen LogP contribution in [0.15, 0.2) is 60.8 Å². The lowest BCUT2D eigenvalue weighted by molar-refractivity contribution is 0.313. The number of hydrogen-bond donors (Lipinski definition) is 2. The first-order chi connectivity index (χ1) is 13.3. The average Bonchev–Trinajstić information content (AvgIpc) is 2.70. The zero-order valence-corrected chi connectivity index (χ0v) is 15.3. The second kappa shape index (κ2) is 8.01. The number of hydrogen-bond acceptors (Lipinski definition) is 7. The molecular formula is C20H23N7. The summed E-state index contributed by atoms with van der Waals surface area (Å²) in [7, 11) is 2.17. The van der Waals surface area contributed by atoms with E-state index in [0.717, 1.165) is 37.6 Å². The predicted molar refractivity (Wildman–Crippen MR) is 109 cm³/mol. The quantitative estimate of drug-likeness (QED) is 0.723. The highest BCUT2D eigenvalue weighted by atomic mass is 15.3. The Hall–Kier alpha value is -3.19. The van der Waals surface area contributed by atoms with Crippen molar-refractivity contribution in [1.29, 1.82) is 0 Å². The maximum Gasteiger partial charge on any atom is 0.249 e. The van der Waals surface area contributed by atoms with Crippen LogP contribution < -0.4 is 15.5 Å². The Labute approximate surface area is 159 Å². The van der Waals surface area contributed by atoms with Crippen LogP contribution in [-0.2, 0) is 0 Å². The molecule has 0 atom stereocenters. The molecule has 138 valence electrons. The van der Waals surface area contributed by atoms with Gasteiger partial charge in [0.25, 0.3) is 0 Å². The van der Waals surface area contributed by atoms with Crippen LogP contribution >= 0.6 is 0 Å². The first-order valence-corrected chi connectivity index (χ1v) is 9.09. The van der Waals surface area contributed by atoms with Gasteiger partial charge in [-0.25, -0.2) is 0 Å². The molecule has 0 unspecified atom stereocenters. The number of nitrogens with one attached hydrogen (secondary N) is 2. The van der Waals surface area contributed by atoms with Crippen LogP contribution in [0.5, 0.6) is 0 Å². The number of nitrogens with zero attached hydrogens (tertiary/aromatic N) is 5. The highest BCUT2D eigenvalue weighted by molar-refractivity contribution is 5.61. The summed E-state index contributed by atoms with van der Waals surface area (Å²) in [5.74, 6) is 1.11. The fourth-order valence-corrected chi connectivity index (χ4v) is 3.04. The van der Waals surface area contributed by atoms with Crippen molar-refractivity contribution in [2.45, 2.75) is 0 Å². The summed E-state index contributed by atoms with van der Waals surface area (Å²) in [5, 5.41) is 14.5. The van der Waals surface area contributed by atoms with E-state index >= 15 is 0 Å². The number of benzene rings is 2. The van der Waals surface area contributed by atoms with Crippen molar-refractivity contribution in [1.82, 2.24) is 20.1 Å². The molecule has 0 radical (unpaired) electrons. The molecule has 0 aliphatic carbocycles. The number of aromatic nitrogens is 3. The van der Waals surface area contributed by atoms with E-state index in [0.29, 0.717) is 11.8 Å². The van der Waals surface area contributed by atoms with Crippen LogP contribution in [-0.4, -0.2) is 53.3 Å². The van der Waals surface area contributed by atoms with Gasteiger partial charge in [-0.3, -0.25) is 0 Å². The highest BCUT2D eigenvalue weighted by Crippen LogP contribution is 2.21. The Morgan fingerprint density at radius 3 is 2.26 bits per heavy atom. The van der Waals surface area contributed by atoms with Crippen LogP contribution in [0.3, 0.4) is 0 Å². The third-order valence-corrected chi connectivity index (χ3v) is 4.60. The molecular weight excluding hydrogens is 338 g/mol. The molecule has 1 aliphatic rings. The lowest BCUT2D eigenvalue weighted by atomic mass is 10.2. The van der Waals surface area contributed by atoms with Gasteiger partial charge in [0, 0.05) is 43.2 Å². The molecule has 2 aromatic carbocycles. The minimum Gasteiger partial charge on any atom is -0.369 e. The third-order valence-electron chi connectivity index (χ3n) is 4.60. The molecule has 27 heavy (non-hydrogen) atoms. The van der Waals surface area contributed by atoms with Crippen LogP contribution in [0.25, 0.3) is 0 Å². The van der Waals surface area contributed by atoms with E-state index in [9.17, 15) is 0 Å². The molecule has 1 saturated heterocycles. The lowest BCUT2D eigenvalue weighted by Crippen LogP contribution is -2.44. The Morgan fingerprint density at radius 2 is 1.52 bits per heavy atom. The van der Waals surface area contributed by atoms with Gasteiger partial charge in [-0.05, 0) is 43.4 Å². The molecule has 4 rings (SSSR count). The van der Waals surface area contributed by atoms with E-state index in [1.54, 1.807) is 6.20 Å². The smallest absolute Gasteiger partial charge is 0.249 e. The largest absolute Gasteiger partial charge is 0.369 e. The van der Waals surface area contributed by atoms with Gasteiger partial charge in [0.15, 0.2) is 5.82 Å². The van der Waals surface area contributed by atoms with Gasteiger partial charge in [-0.1, -0.05) is 18.2 Å². The molecule has 1 aromatic heterocycles. The van der Waals surface area contributed by atoms with Gasteiger partial charge < -0.3 is 20.4 Å². The second-order valence-corrected chi connectivity index (χ2v) is 6.62. The van der Waals surface area contributed by atoms with Gasteiger partial charge in [-0.15, -0.1) is 5.10 Å². The minimum absolute atomic E-state index is 0.461. The molecule has 0 amide bonds. The summed E-state index contributed by atoms with van der Waals surface area (Å²) in [6, 6.07) is 18.2.